The van der Waals surface area contributed by atoms with Crippen LogP contribution in [0.1, 0.15) is 29.1 Å². The molecule has 2 atom stereocenters. The van der Waals surface area contributed by atoms with E-state index in [1.807, 2.05) is 45.0 Å². The highest BCUT2D eigenvalue weighted by atomic mass is 16.5. The summed E-state index contributed by atoms with van der Waals surface area (Å²) in [6.45, 7) is 7.83. The van der Waals surface area contributed by atoms with Crippen LogP contribution in [-0.2, 0) is 15.9 Å². The van der Waals surface area contributed by atoms with Gasteiger partial charge in [-0.25, -0.2) is 14.8 Å². The normalized spacial score (nSPS) is 16.3. The van der Waals surface area contributed by atoms with Crippen molar-refractivity contribution in [1.29, 1.82) is 0 Å². The van der Waals surface area contributed by atoms with Crippen molar-refractivity contribution in [1.82, 2.24) is 25.3 Å². The first-order chi connectivity index (χ1) is 18.8. The first kappa shape index (κ1) is 28.5. The Kier molecular flexibility index (Phi) is 9.50. The second kappa shape index (κ2) is 13.0. The molecule has 3 heterocycles. The largest absolute Gasteiger partial charge is 0.491 e. The van der Waals surface area contributed by atoms with Crippen molar-refractivity contribution in [3.8, 4) is 28.4 Å². The second-order valence-corrected chi connectivity index (χ2v) is 9.66. The number of aliphatic hydroxyl groups excluding tert-OH is 1. The minimum atomic E-state index is -0.621. The molecule has 11 nitrogen and oxygen atoms in total. The molecule has 39 heavy (non-hydrogen) atoms. The number of amides is 1. The molecule has 1 aliphatic heterocycles. The predicted molar refractivity (Wildman–Crippen MR) is 145 cm³/mol. The summed E-state index contributed by atoms with van der Waals surface area (Å²) in [5.74, 6) is 1.85. The van der Waals surface area contributed by atoms with Gasteiger partial charge in [0.05, 0.1) is 43.3 Å². The van der Waals surface area contributed by atoms with Crippen LogP contribution in [0.5, 0.6) is 5.75 Å². The van der Waals surface area contributed by atoms with Gasteiger partial charge in [0.2, 0.25) is 0 Å². The zero-order chi connectivity index (χ0) is 27.9. The first-order valence-electron chi connectivity index (χ1n) is 13.1. The number of likely N-dealkylation sites (N-methyl/N-ethyl adjacent to an activating group) is 1. The number of morpholine rings is 1. The maximum atomic E-state index is 12.0. The van der Waals surface area contributed by atoms with Crippen LogP contribution in [0.15, 0.2) is 28.8 Å². The summed E-state index contributed by atoms with van der Waals surface area (Å²) >= 11 is 0. The first-order valence-corrected chi connectivity index (χ1v) is 13.1. The van der Waals surface area contributed by atoms with E-state index in [0.717, 1.165) is 33.8 Å². The molecular weight excluding hydrogens is 502 g/mol. The van der Waals surface area contributed by atoms with E-state index >= 15 is 0 Å². The average molecular weight is 540 g/mol. The van der Waals surface area contributed by atoms with E-state index in [2.05, 4.69) is 10.5 Å². The van der Waals surface area contributed by atoms with Crippen molar-refractivity contribution in [3.63, 3.8) is 0 Å². The van der Waals surface area contributed by atoms with Gasteiger partial charge in [-0.2, -0.15) is 0 Å². The second-order valence-electron chi connectivity index (χ2n) is 9.66. The van der Waals surface area contributed by atoms with E-state index in [9.17, 15) is 9.90 Å². The molecule has 0 spiro atoms. The molecular formula is C28H37N5O6. The van der Waals surface area contributed by atoms with Crippen LogP contribution >= 0.6 is 0 Å². The Labute approximate surface area is 228 Å². The third-order valence-corrected chi connectivity index (χ3v) is 6.77. The summed E-state index contributed by atoms with van der Waals surface area (Å²) in [6, 6.07) is 7.52. The fourth-order valence-corrected chi connectivity index (χ4v) is 4.70. The summed E-state index contributed by atoms with van der Waals surface area (Å²) in [7, 11) is 3.17. The Morgan fingerprint density at radius 3 is 2.82 bits per heavy atom. The molecule has 0 radical (unpaired) electrons. The minimum absolute atomic E-state index is 0.126. The van der Waals surface area contributed by atoms with Gasteiger partial charge in [-0.1, -0.05) is 17.3 Å². The molecule has 2 N–H and O–H groups in total. The minimum Gasteiger partial charge on any atom is -0.491 e. The molecule has 0 aliphatic carbocycles. The fourth-order valence-electron chi connectivity index (χ4n) is 4.70. The molecule has 1 unspecified atom stereocenters. The van der Waals surface area contributed by atoms with Crippen molar-refractivity contribution in [2.75, 3.05) is 47.0 Å². The van der Waals surface area contributed by atoms with Gasteiger partial charge in [-0.3, -0.25) is 0 Å². The van der Waals surface area contributed by atoms with Gasteiger partial charge in [-0.05, 0) is 58.4 Å². The summed E-state index contributed by atoms with van der Waals surface area (Å²) in [5, 5.41) is 17.1. The van der Waals surface area contributed by atoms with Crippen LogP contribution < -0.4 is 10.1 Å². The van der Waals surface area contributed by atoms with Gasteiger partial charge < -0.3 is 34.1 Å². The molecule has 0 bridgehead atoms. The van der Waals surface area contributed by atoms with E-state index in [1.165, 1.54) is 7.11 Å². The predicted octanol–water partition coefficient (Wildman–Crippen LogP) is 3.08. The van der Waals surface area contributed by atoms with Crippen LogP contribution in [0.2, 0.25) is 0 Å². The zero-order valence-corrected chi connectivity index (χ0v) is 23.2. The van der Waals surface area contributed by atoms with E-state index in [0.29, 0.717) is 56.4 Å². The van der Waals surface area contributed by atoms with Crippen molar-refractivity contribution in [2.24, 2.45) is 0 Å². The highest BCUT2D eigenvalue weighted by Crippen LogP contribution is 2.32. The number of aromatic nitrogens is 3. The standard InChI is InChI=1S/C28H37N5O6/c1-17-24(10-9-23-15-33(11-12-37-23)28(35)36-5)30-27(31-26(17)25-18(2)32-39-19(25)3)20-7-6-8-22(13-20)38-16-21(34)14-29-4/h6-8,13,21,23,29,34H,9-12,14-16H2,1-5H3/t21?,23-/m0/s1. The van der Waals surface area contributed by atoms with Crippen LogP contribution in [-0.4, -0.2) is 90.4 Å². The highest BCUT2D eigenvalue weighted by molar-refractivity contribution is 5.71. The topological polar surface area (TPSA) is 132 Å². The number of carbonyl (C=O) groups excluding carboxylic acids is 1. The lowest BCUT2D eigenvalue weighted by atomic mass is 10.00. The van der Waals surface area contributed by atoms with Crippen LogP contribution in [0.3, 0.4) is 0 Å². The maximum absolute atomic E-state index is 12.0. The third-order valence-electron chi connectivity index (χ3n) is 6.77. The number of ether oxygens (including phenoxy) is 3. The van der Waals surface area contributed by atoms with Crippen molar-refractivity contribution >= 4 is 6.09 Å². The summed E-state index contributed by atoms with van der Waals surface area (Å²) in [5.41, 5.74) is 4.98. The van der Waals surface area contributed by atoms with Gasteiger partial charge in [0.25, 0.3) is 0 Å². The maximum Gasteiger partial charge on any atom is 0.409 e. The summed E-state index contributed by atoms with van der Waals surface area (Å²) in [6.07, 6.45) is 0.218. The van der Waals surface area contributed by atoms with Crippen LogP contribution in [0.4, 0.5) is 4.79 Å². The van der Waals surface area contributed by atoms with Gasteiger partial charge in [-0.15, -0.1) is 0 Å². The average Bonchev–Trinajstić information content (AvgIpc) is 3.28. The van der Waals surface area contributed by atoms with Crippen molar-refractivity contribution in [2.45, 2.75) is 45.8 Å². The number of hydrogen-bond donors (Lipinski definition) is 2. The molecule has 210 valence electrons. The number of aryl methyl sites for hydroxylation is 3. The smallest absolute Gasteiger partial charge is 0.409 e. The molecule has 1 aromatic carbocycles. The van der Waals surface area contributed by atoms with Crippen LogP contribution in [0, 0.1) is 20.8 Å². The molecule has 11 heteroatoms. The summed E-state index contributed by atoms with van der Waals surface area (Å²) in [4.78, 5) is 23.6. The number of nitrogens with zero attached hydrogens (tertiary/aromatic N) is 4. The van der Waals surface area contributed by atoms with E-state index in [4.69, 9.17) is 28.7 Å². The number of aliphatic hydroxyl groups is 1. The fraction of sp³-hybridized carbons (Fsp3) is 0.500. The highest BCUT2D eigenvalue weighted by Gasteiger charge is 2.26. The van der Waals surface area contributed by atoms with Gasteiger partial charge in [0.1, 0.15) is 24.2 Å². The summed E-state index contributed by atoms with van der Waals surface area (Å²) < 4.78 is 22.1. The SMILES string of the molecule is CNCC(O)COc1cccc(-c2nc(CC[C@H]3CN(C(=O)OC)CCO3)c(C)c(-c3c(C)noc3C)n2)c1. The number of carbonyl (C=O) groups is 1. The van der Waals surface area contributed by atoms with E-state index < -0.39 is 6.10 Å². The van der Waals surface area contributed by atoms with Crippen LogP contribution in [0.25, 0.3) is 22.6 Å². The Balaban J connectivity index is 1.64. The monoisotopic (exact) mass is 539 g/mol. The number of nitrogens with one attached hydrogen (secondary N) is 1. The number of benzene rings is 1. The molecule has 1 aliphatic rings. The quantitative estimate of drug-likeness (QED) is 0.396. The zero-order valence-electron chi connectivity index (χ0n) is 23.2. The Bertz CT molecular complexity index is 1260. The molecule has 4 rings (SSSR count). The lowest BCUT2D eigenvalue weighted by Gasteiger charge is -2.32. The van der Waals surface area contributed by atoms with Crippen molar-refractivity contribution in [3.05, 3.63) is 47.0 Å². The molecule has 1 saturated heterocycles. The number of rotatable bonds is 10. The lowest BCUT2D eigenvalue weighted by molar-refractivity contribution is -0.0276. The van der Waals surface area contributed by atoms with Gasteiger partial charge in [0, 0.05) is 24.3 Å². The number of hydrogen-bond acceptors (Lipinski definition) is 10. The van der Waals surface area contributed by atoms with Crippen molar-refractivity contribution < 1.29 is 28.6 Å². The molecule has 3 aromatic rings. The molecule has 1 amide bonds. The Morgan fingerprint density at radius 1 is 1.28 bits per heavy atom. The van der Waals surface area contributed by atoms with Gasteiger partial charge >= 0.3 is 6.09 Å². The molecule has 0 saturated carbocycles. The Hall–Kier alpha value is -3.54. The third kappa shape index (κ3) is 6.92. The Morgan fingerprint density at radius 2 is 2.10 bits per heavy atom. The molecule has 2 aromatic heterocycles. The number of methoxy groups -OCH3 is 1. The van der Waals surface area contributed by atoms with E-state index in [-0.39, 0.29) is 18.8 Å². The molecule has 1 fully saturated rings. The lowest BCUT2D eigenvalue weighted by Crippen LogP contribution is -2.45. The van der Waals surface area contributed by atoms with E-state index in [1.54, 1.807) is 11.9 Å². The van der Waals surface area contributed by atoms with Gasteiger partial charge in [0.15, 0.2) is 5.82 Å².